The van der Waals surface area contributed by atoms with Gasteiger partial charge in [0, 0.05) is 16.1 Å². The van der Waals surface area contributed by atoms with Crippen LogP contribution in [0.3, 0.4) is 0 Å². The van der Waals surface area contributed by atoms with Crippen molar-refractivity contribution in [2.24, 2.45) is 5.73 Å². The lowest BCUT2D eigenvalue weighted by Gasteiger charge is -1.89. The van der Waals surface area contributed by atoms with Crippen LogP contribution in [0.2, 0.25) is 0 Å². The van der Waals surface area contributed by atoms with E-state index in [-0.39, 0.29) is 0 Å². The van der Waals surface area contributed by atoms with Crippen LogP contribution in [0.5, 0.6) is 0 Å². The molecule has 0 spiro atoms. The van der Waals surface area contributed by atoms with Crippen molar-refractivity contribution < 1.29 is 0 Å². The maximum absolute atomic E-state index is 5.03. The van der Waals surface area contributed by atoms with Crippen molar-refractivity contribution in [3.63, 3.8) is 0 Å². The van der Waals surface area contributed by atoms with Gasteiger partial charge in [-0.2, -0.15) is 0 Å². The topological polar surface area (TPSA) is 26.0 Å². The third-order valence-corrected chi connectivity index (χ3v) is 1.53. The first-order valence-corrected chi connectivity index (χ1v) is 3.59. The molecule has 0 aromatic heterocycles. The molecule has 0 atom stereocenters. The highest BCUT2D eigenvalue weighted by Gasteiger charge is 1.86. The number of benzene rings is 1. The minimum Gasteiger partial charge on any atom is -0.359 e. The first-order valence-electron chi connectivity index (χ1n) is 2.80. The fraction of sp³-hybridized carbons (Fsp3) is 0. The molecule has 0 heterocycles. The molecule has 0 radical (unpaired) electrons. The summed E-state index contributed by atoms with van der Waals surface area (Å²) < 4.78 is 1.02. The van der Waals surface area contributed by atoms with Gasteiger partial charge in [-0.05, 0) is 24.1 Å². The van der Waals surface area contributed by atoms with Gasteiger partial charge in [-0.1, -0.05) is 22.0 Å². The average Bonchev–Trinajstić information content (AvgIpc) is 1.88. The van der Waals surface area contributed by atoms with E-state index >= 15 is 0 Å². The number of halogens is 1. The highest BCUT2D eigenvalue weighted by molar-refractivity contribution is 9.10. The lowest BCUT2D eigenvalue weighted by Crippen LogP contribution is -1.78. The quantitative estimate of drug-likeness (QED) is 0.496. The third kappa shape index (κ3) is 1.78. The summed E-state index contributed by atoms with van der Waals surface area (Å²) in [5, 5.41) is 0. The van der Waals surface area contributed by atoms with E-state index in [4.69, 9.17) is 5.73 Å². The van der Waals surface area contributed by atoms with E-state index in [2.05, 4.69) is 27.9 Å². The monoisotopic (exact) mass is 195 g/mol. The summed E-state index contributed by atoms with van der Waals surface area (Å²) in [6.07, 6.45) is 0. The Balaban J connectivity index is 3.03. The zero-order valence-corrected chi connectivity index (χ0v) is 6.85. The summed E-state index contributed by atoms with van der Waals surface area (Å²) in [6, 6.07) is 10.0. The molecular weight excluding hydrogens is 190 g/mol. The first kappa shape index (κ1) is 7.17. The first-order chi connectivity index (χ1) is 4.83. The van der Waals surface area contributed by atoms with Gasteiger partial charge in [0.05, 0.1) is 0 Å². The highest BCUT2D eigenvalue weighted by atomic mass is 79.9. The van der Waals surface area contributed by atoms with E-state index in [1.54, 1.807) is 0 Å². The second kappa shape index (κ2) is 3.28. The Morgan fingerprint density at radius 3 is 2.80 bits per heavy atom. The summed E-state index contributed by atoms with van der Waals surface area (Å²) in [7, 11) is 0. The SMILES string of the molecule is NC#Cc1cccc(Br)c1. The van der Waals surface area contributed by atoms with E-state index in [9.17, 15) is 0 Å². The van der Waals surface area contributed by atoms with Crippen LogP contribution < -0.4 is 5.73 Å². The van der Waals surface area contributed by atoms with Crippen molar-refractivity contribution in [1.82, 2.24) is 0 Å². The minimum atomic E-state index is 0.928. The van der Waals surface area contributed by atoms with Crippen molar-refractivity contribution in [3.05, 3.63) is 34.3 Å². The average molecular weight is 196 g/mol. The molecule has 1 rings (SSSR count). The molecule has 2 heteroatoms. The summed E-state index contributed by atoms with van der Waals surface area (Å²) in [4.78, 5) is 0. The standard InChI is InChI=1S/C8H6BrN/c9-8-3-1-2-7(6-8)4-5-10/h1-3,6H,10H2. The van der Waals surface area contributed by atoms with Crippen LogP contribution in [0, 0.1) is 12.0 Å². The summed E-state index contributed by atoms with van der Waals surface area (Å²) in [5.41, 5.74) is 5.96. The lowest BCUT2D eigenvalue weighted by molar-refractivity contribution is 1.59. The number of hydrogen-bond donors (Lipinski definition) is 1. The van der Waals surface area contributed by atoms with Gasteiger partial charge in [0.1, 0.15) is 0 Å². The Bertz CT molecular complexity index is 283. The minimum absolute atomic E-state index is 0.928. The van der Waals surface area contributed by atoms with Crippen molar-refractivity contribution in [2.75, 3.05) is 0 Å². The molecule has 0 saturated carbocycles. The zero-order valence-electron chi connectivity index (χ0n) is 5.26. The maximum atomic E-state index is 5.03. The Kier molecular flexibility index (Phi) is 2.35. The summed E-state index contributed by atoms with van der Waals surface area (Å²) >= 11 is 3.32. The lowest BCUT2D eigenvalue weighted by atomic mass is 10.2. The van der Waals surface area contributed by atoms with E-state index in [0.29, 0.717) is 0 Å². The molecule has 50 valence electrons. The Morgan fingerprint density at radius 1 is 1.40 bits per heavy atom. The predicted molar refractivity (Wildman–Crippen MR) is 45.2 cm³/mol. The molecule has 1 aromatic carbocycles. The molecule has 0 saturated heterocycles. The second-order valence-electron chi connectivity index (χ2n) is 1.78. The molecule has 1 nitrogen and oxygen atoms in total. The Morgan fingerprint density at radius 2 is 2.20 bits per heavy atom. The molecule has 0 amide bonds. The number of rotatable bonds is 0. The highest BCUT2D eigenvalue weighted by Crippen LogP contribution is 2.09. The van der Waals surface area contributed by atoms with Crippen LogP contribution in [0.15, 0.2) is 28.7 Å². The van der Waals surface area contributed by atoms with Crippen LogP contribution in [-0.4, -0.2) is 0 Å². The van der Waals surface area contributed by atoms with Gasteiger partial charge in [0.15, 0.2) is 0 Å². The largest absolute Gasteiger partial charge is 0.359 e. The third-order valence-electron chi connectivity index (χ3n) is 1.04. The Labute approximate surface area is 68.4 Å². The van der Waals surface area contributed by atoms with Crippen molar-refractivity contribution in [3.8, 4) is 12.0 Å². The number of hydrogen-bond acceptors (Lipinski definition) is 1. The molecule has 0 fully saturated rings. The van der Waals surface area contributed by atoms with E-state index < -0.39 is 0 Å². The van der Waals surface area contributed by atoms with E-state index in [1.165, 1.54) is 0 Å². The molecular formula is C8H6BrN. The fourth-order valence-corrected chi connectivity index (χ4v) is 1.05. The Hall–Kier alpha value is -0.940. The van der Waals surface area contributed by atoms with Gasteiger partial charge in [-0.25, -0.2) is 0 Å². The molecule has 0 unspecified atom stereocenters. The van der Waals surface area contributed by atoms with Gasteiger partial charge in [0.25, 0.3) is 0 Å². The van der Waals surface area contributed by atoms with Crippen molar-refractivity contribution >= 4 is 15.9 Å². The normalized spacial score (nSPS) is 8.10. The predicted octanol–water partition coefficient (Wildman–Crippen LogP) is 1.72. The summed E-state index contributed by atoms with van der Waals surface area (Å²) in [6.45, 7) is 0. The van der Waals surface area contributed by atoms with Crippen LogP contribution in [0.25, 0.3) is 0 Å². The van der Waals surface area contributed by atoms with Gasteiger partial charge >= 0.3 is 0 Å². The van der Waals surface area contributed by atoms with Crippen LogP contribution in [0.1, 0.15) is 5.56 Å². The summed E-state index contributed by atoms with van der Waals surface area (Å²) in [5.74, 6) is 2.75. The molecule has 2 N–H and O–H groups in total. The van der Waals surface area contributed by atoms with Gasteiger partial charge in [0.2, 0.25) is 0 Å². The molecule has 0 aliphatic rings. The molecule has 0 aliphatic carbocycles. The molecule has 0 bridgehead atoms. The van der Waals surface area contributed by atoms with Crippen molar-refractivity contribution in [2.45, 2.75) is 0 Å². The molecule has 0 aliphatic heterocycles. The molecule has 10 heavy (non-hydrogen) atoms. The smallest absolute Gasteiger partial charge is 0.0274 e. The van der Waals surface area contributed by atoms with Gasteiger partial charge in [-0.15, -0.1) is 0 Å². The van der Waals surface area contributed by atoms with Crippen LogP contribution >= 0.6 is 15.9 Å². The van der Waals surface area contributed by atoms with E-state index in [0.717, 1.165) is 10.0 Å². The van der Waals surface area contributed by atoms with Crippen LogP contribution in [0.4, 0.5) is 0 Å². The van der Waals surface area contributed by atoms with Gasteiger partial charge < -0.3 is 5.73 Å². The van der Waals surface area contributed by atoms with Crippen LogP contribution in [-0.2, 0) is 0 Å². The molecule has 1 aromatic rings. The fourth-order valence-electron chi connectivity index (χ4n) is 0.650. The number of nitrogens with two attached hydrogens (primary N) is 1. The zero-order chi connectivity index (χ0) is 7.40. The second-order valence-corrected chi connectivity index (χ2v) is 2.70. The van der Waals surface area contributed by atoms with Crippen molar-refractivity contribution in [1.29, 1.82) is 0 Å². The van der Waals surface area contributed by atoms with Gasteiger partial charge in [-0.3, -0.25) is 0 Å². The van der Waals surface area contributed by atoms with E-state index in [1.807, 2.05) is 24.3 Å². The maximum Gasteiger partial charge on any atom is 0.0274 e.